The molecule has 13 heavy (non-hydrogen) atoms. The van der Waals surface area contributed by atoms with Gasteiger partial charge in [0.25, 0.3) is 0 Å². The van der Waals surface area contributed by atoms with Gasteiger partial charge in [0.05, 0.1) is 14.5 Å². The van der Waals surface area contributed by atoms with Crippen molar-refractivity contribution in [1.29, 1.82) is 0 Å². The van der Waals surface area contributed by atoms with Crippen LogP contribution in [0.1, 0.15) is 0 Å². The van der Waals surface area contributed by atoms with Crippen molar-refractivity contribution in [2.75, 3.05) is 6.61 Å². The Bertz CT molecular complexity index is 326. The van der Waals surface area contributed by atoms with Crippen LogP contribution in [0.3, 0.4) is 0 Å². The molecule has 1 rings (SSSR count). The highest BCUT2D eigenvalue weighted by Crippen LogP contribution is 2.37. The normalized spacial score (nSPS) is 9.77. The maximum atomic E-state index is 5.88. The number of rotatable bonds is 3. The smallest absolute Gasteiger partial charge is 0.135 e. The second-order valence-corrected chi connectivity index (χ2v) is 3.85. The van der Waals surface area contributed by atoms with Crippen LogP contribution in [0.5, 0.6) is 5.75 Å². The summed E-state index contributed by atoms with van der Waals surface area (Å²) in [5.74, 6) is 0.661. The molecule has 0 aliphatic carbocycles. The fourth-order valence-electron chi connectivity index (χ4n) is 0.768. The van der Waals surface area contributed by atoms with Crippen molar-refractivity contribution in [3.63, 3.8) is 0 Å². The molecule has 1 aromatic carbocycles. The lowest BCUT2D eigenvalue weighted by Crippen LogP contribution is -1.93. The van der Waals surface area contributed by atoms with Crippen LogP contribution in [0.15, 0.2) is 29.3 Å². The first-order chi connectivity index (χ1) is 6.16. The Labute approximate surface area is 95.4 Å². The first-order valence-corrected chi connectivity index (χ1v) is 5.09. The summed E-state index contributed by atoms with van der Waals surface area (Å²) in [5, 5.41) is 0.961. The molecule has 0 bridgehead atoms. The lowest BCUT2D eigenvalue weighted by molar-refractivity contribution is 0.361. The summed E-state index contributed by atoms with van der Waals surface area (Å²) in [4.78, 5) is 0. The van der Waals surface area contributed by atoms with Crippen molar-refractivity contribution in [2.45, 2.75) is 0 Å². The lowest BCUT2D eigenvalue weighted by atomic mass is 10.3. The molecule has 0 saturated carbocycles. The first-order valence-electron chi connectivity index (χ1n) is 3.54. The molecule has 0 heterocycles. The van der Waals surface area contributed by atoms with E-state index in [1.165, 1.54) is 0 Å². The highest BCUT2D eigenvalue weighted by atomic mass is 79.9. The van der Waals surface area contributed by atoms with Crippen LogP contribution in [-0.2, 0) is 0 Å². The summed E-state index contributed by atoms with van der Waals surface area (Å²) in [6.07, 6.45) is 1.66. The van der Waals surface area contributed by atoms with E-state index < -0.39 is 0 Å². The van der Waals surface area contributed by atoms with Crippen LogP contribution >= 0.6 is 39.1 Å². The van der Waals surface area contributed by atoms with E-state index >= 15 is 0 Å². The highest BCUT2D eigenvalue weighted by molar-refractivity contribution is 9.10. The molecule has 0 N–H and O–H groups in total. The van der Waals surface area contributed by atoms with Crippen molar-refractivity contribution in [1.82, 2.24) is 0 Å². The van der Waals surface area contributed by atoms with Gasteiger partial charge in [0.2, 0.25) is 0 Å². The van der Waals surface area contributed by atoms with Gasteiger partial charge >= 0.3 is 0 Å². The molecule has 0 unspecified atom stereocenters. The zero-order valence-corrected chi connectivity index (χ0v) is 9.79. The SMILES string of the molecule is C=CCOc1ccc(Cl)c(Cl)c1Br. The Kier molecular flexibility index (Phi) is 4.10. The molecule has 0 aliphatic rings. The molecule has 1 nitrogen and oxygen atoms in total. The molecule has 0 fully saturated rings. The first kappa shape index (κ1) is 10.9. The van der Waals surface area contributed by atoms with Crippen molar-refractivity contribution < 1.29 is 4.74 Å². The summed E-state index contributed by atoms with van der Waals surface area (Å²) in [6, 6.07) is 3.44. The fourth-order valence-corrected chi connectivity index (χ4v) is 1.66. The van der Waals surface area contributed by atoms with Gasteiger partial charge in [-0.1, -0.05) is 35.9 Å². The predicted molar refractivity (Wildman–Crippen MR) is 59.9 cm³/mol. The van der Waals surface area contributed by atoms with E-state index in [2.05, 4.69) is 22.5 Å². The van der Waals surface area contributed by atoms with Crippen molar-refractivity contribution in [3.8, 4) is 5.75 Å². The minimum atomic E-state index is 0.441. The van der Waals surface area contributed by atoms with Crippen molar-refractivity contribution in [3.05, 3.63) is 39.3 Å². The molecule has 4 heteroatoms. The van der Waals surface area contributed by atoms with Crippen molar-refractivity contribution in [2.24, 2.45) is 0 Å². The third-order valence-electron chi connectivity index (χ3n) is 1.36. The van der Waals surface area contributed by atoms with Crippen molar-refractivity contribution >= 4 is 39.1 Å². The molecule has 0 aliphatic heterocycles. The van der Waals surface area contributed by atoms with Gasteiger partial charge in [-0.15, -0.1) is 0 Å². The number of halogens is 3. The zero-order valence-electron chi connectivity index (χ0n) is 6.69. The quantitative estimate of drug-likeness (QED) is 0.592. The van der Waals surface area contributed by atoms with E-state index in [1.54, 1.807) is 18.2 Å². The topological polar surface area (TPSA) is 9.23 Å². The van der Waals surface area contributed by atoms with Gasteiger partial charge in [-0.25, -0.2) is 0 Å². The number of hydrogen-bond donors (Lipinski definition) is 0. The van der Waals surface area contributed by atoms with Gasteiger partial charge in [-0.05, 0) is 28.1 Å². The Balaban J connectivity index is 2.96. The third kappa shape index (κ3) is 2.63. The zero-order chi connectivity index (χ0) is 9.84. The summed E-state index contributed by atoms with van der Waals surface area (Å²) < 4.78 is 5.98. The molecule has 0 saturated heterocycles. The lowest BCUT2D eigenvalue weighted by Gasteiger charge is -2.07. The largest absolute Gasteiger partial charge is 0.488 e. The molecule has 0 radical (unpaired) electrons. The van der Waals surface area contributed by atoms with E-state index in [1.807, 2.05) is 0 Å². The number of hydrogen-bond acceptors (Lipinski definition) is 1. The molecule has 0 amide bonds. The summed E-state index contributed by atoms with van der Waals surface area (Å²) in [6.45, 7) is 3.99. The van der Waals surface area contributed by atoms with Gasteiger partial charge in [0, 0.05) is 0 Å². The average Bonchev–Trinajstić information content (AvgIpc) is 2.13. The Hall–Kier alpha value is -0.180. The molecule has 0 atom stereocenters. The molecule has 70 valence electrons. The van der Waals surface area contributed by atoms with E-state index in [9.17, 15) is 0 Å². The van der Waals surface area contributed by atoms with E-state index in [4.69, 9.17) is 27.9 Å². The van der Waals surface area contributed by atoms with E-state index in [-0.39, 0.29) is 0 Å². The maximum absolute atomic E-state index is 5.88. The maximum Gasteiger partial charge on any atom is 0.135 e. The Morgan fingerprint density at radius 3 is 2.77 bits per heavy atom. The summed E-state index contributed by atoms with van der Waals surface area (Å²) in [7, 11) is 0. The van der Waals surface area contributed by atoms with Crippen LogP contribution in [-0.4, -0.2) is 6.61 Å². The molecule has 0 aromatic heterocycles. The summed E-state index contributed by atoms with van der Waals surface area (Å²) >= 11 is 14.9. The van der Waals surface area contributed by atoms with Crippen LogP contribution in [0, 0.1) is 0 Å². The minimum absolute atomic E-state index is 0.441. The highest BCUT2D eigenvalue weighted by Gasteiger charge is 2.08. The number of benzene rings is 1. The summed E-state index contributed by atoms with van der Waals surface area (Å²) in [5.41, 5.74) is 0. The van der Waals surface area contributed by atoms with Crippen LogP contribution < -0.4 is 4.74 Å². The number of ether oxygens (including phenoxy) is 1. The second kappa shape index (κ2) is 4.89. The Morgan fingerprint density at radius 1 is 1.46 bits per heavy atom. The van der Waals surface area contributed by atoms with E-state index in [0.717, 1.165) is 0 Å². The minimum Gasteiger partial charge on any atom is -0.488 e. The average molecular weight is 282 g/mol. The predicted octanol–water partition coefficient (Wildman–Crippen LogP) is 4.32. The fraction of sp³-hybridized carbons (Fsp3) is 0.111. The van der Waals surface area contributed by atoms with Gasteiger partial charge in [-0.3, -0.25) is 0 Å². The second-order valence-electron chi connectivity index (χ2n) is 2.27. The standard InChI is InChI=1S/C9H7BrCl2O/c1-2-5-13-7-4-3-6(11)9(12)8(7)10/h2-4H,1,5H2. The Morgan fingerprint density at radius 2 is 2.15 bits per heavy atom. The molecular formula is C9H7BrCl2O. The molecule has 1 aromatic rings. The van der Waals surface area contributed by atoms with Gasteiger partial charge < -0.3 is 4.74 Å². The van der Waals surface area contributed by atoms with Crippen LogP contribution in [0.4, 0.5) is 0 Å². The molecular weight excluding hydrogens is 275 g/mol. The van der Waals surface area contributed by atoms with Gasteiger partial charge in [-0.2, -0.15) is 0 Å². The molecule has 0 spiro atoms. The third-order valence-corrected chi connectivity index (χ3v) is 3.18. The monoisotopic (exact) mass is 280 g/mol. The van der Waals surface area contributed by atoms with Gasteiger partial charge in [0.1, 0.15) is 12.4 Å². The van der Waals surface area contributed by atoms with Gasteiger partial charge in [0.15, 0.2) is 0 Å². The van der Waals surface area contributed by atoms with Crippen LogP contribution in [0.25, 0.3) is 0 Å². The van der Waals surface area contributed by atoms with Crippen LogP contribution in [0.2, 0.25) is 10.0 Å². The van der Waals surface area contributed by atoms with E-state index in [0.29, 0.717) is 26.9 Å².